The highest BCUT2D eigenvalue weighted by Gasteiger charge is 2.31. The van der Waals surface area contributed by atoms with Gasteiger partial charge in [-0.15, -0.1) is 11.3 Å². The second-order valence-corrected chi connectivity index (χ2v) is 10.9. The van der Waals surface area contributed by atoms with Crippen LogP contribution in [0.2, 0.25) is 0 Å². The molecule has 31 heavy (non-hydrogen) atoms. The van der Waals surface area contributed by atoms with Gasteiger partial charge in [0.25, 0.3) is 5.91 Å². The number of amides is 1. The van der Waals surface area contributed by atoms with Crippen molar-refractivity contribution in [2.75, 3.05) is 29.9 Å². The first-order chi connectivity index (χ1) is 15.0. The monoisotopic (exact) mass is 472 g/mol. The van der Waals surface area contributed by atoms with E-state index in [2.05, 4.69) is 5.32 Å². The molecular formula is C22H20N2O4S3. The van der Waals surface area contributed by atoms with Crippen molar-refractivity contribution in [2.24, 2.45) is 0 Å². The number of carbonyl (C=O) groups is 2. The van der Waals surface area contributed by atoms with Crippen LogP contribution in [-0.4, -0.2) is 49.0 Å². The number of thioether (sulfide) groups is 1. The number of hydrogen-bond donors (Lipinski definition) is 1. The Morgan fingerprint density at radius 3 is 2.35 bits per heavy atom. The van der Waals surface area contributed by atoms with Gasteiger partial charge < -0.3 is 5.32 Å². The molecule has 1 aliphatic rings. The second-order valence-electron chi connectivity index (χ2n) is 6.86. The molecule has 0 spiro atoms. The standard InChI is InChI=1S/C22H20N2O4S3/c25-20(16-5-2-1-3-6-16)17-7-4-8-18(15-17)23-22(26)21-19(9-12-30-21)31(27,28)24-10-13-29-14-11-24/h1-9,12,15H,10-11,13-14H2,(H,23,26). The molecule has 6 nitrogen and oxygen atoms in total. The number of thiophene rings is 1. The maximum atomic E-state index is 13.0. The van der Waals surface area contributed by atoms with E-state index in [0.717, 1.165) is 22.8 Å². The SMILES string of the molecule is O=C(c1ccccc1)c1cccc(NC(=O)c2sccc2S(=O)(=O)N2CCSCC2)c1. The summed E-state index contributed by atoms with van der Waals surface area (Å²) in [6, 6.07) is 17.0. The fourth-order valence-electron chi connectivity index (χ4n) is 3.27. The van der Waals surface area contributed by atoms with Crippen LogP contribution in [0, 0.1) is 0 Å². The molecule has 2 aromatic carbocycles. The Hall–Kier alpha value is -2.46. The van der Waals surface area contributed by atoms with Gasteiger partial charge in [-0.3, -0.25) is 9.59 Å². The summed E-state index contributed by atoms with van der Waals surface area (Å²) in [5.41, 5.74) is 1.42. The van der Waals surface area contributed by atoms with E-state index < -0.39 is 15.9 Å². The maximum Gasteiger partial charge on any atom is 0.267 e. The highest BCUT2D eigenvalue weighted by molar-refractivity contribution is 7.99. The van der Waals surface area contributed by atoms with Crippen molar-refractivity contribution in [3.05, 3.63) is 82.0 Å². The van der Waals surface area contributed by atoms with Crippen molar-refractivity contribution in [1.29, 1.82) is 0 Å². The lowest BCUT2D eigenvalue weighted by Crippen LogP contribution is -2.38. The average Bonchev–Trinajstić information content (AvgIpc) is 3.31. The van der Waals surface area contributed by atoms with Gasteiger partial charge in [0, 0.05) is 41.4 Å². The van der Waals surface area contributed by atoms with E-state index in [4.69, 9.17) is 0 Å². The molecular weight excluding hydrogens is 452 g/mol. The molecule has 1 amide bonds. The van der Waals surface area contributed by atoms with E-state index in [1.54, 1.807) is 65.7 Å². The quantitative estimate of drug-likeness (QED) is 0.549. The smallest absolute Gasteiger partial charge is 0.267 e. The number of benzene rings is 2. The Labute approximate surface area is 189 Å². The normalized spacial score (nSPS) is 14.8. The summed E-state index contributed by atoms with van der Waals surface area (Å²) in [6.45, 7) is 0.876. The molecule has 4 rings (SSSR count). The molecule has 9 heteroatoms. The van der Waals surface area contributed by atoms with E-state index in [1.807, 2.05) is 6.07 Å². The zero-order valence-corrected chi connectivity index (χ0v) is 18.9. The Morgan fingerprint density at radius 2 is 1.61 bits per heavy atom. The molecule has 160 valence electrons. The lowest BCUT2D eigenvalue weighted by molar-refractivity contribution is 0.102. The summed E-state index contributed by atoms with van der Waals surface area (Å²) < 4.78 is 27.5. The molecule has 0 aliphatic carbocycles. The predicted molar refractivity (Wildman–Crippen MR) is 125 cm³/mol. The summed E-state index contributed by atoms with van der Waals surface area (Å²) in [5, 5.41) is 4.35. The highest BCUT2D eigenvalue weighted by atomic mass is 32.2. The Kier molecular flexibility index (Phi) is 6.57. The molecule has 1 fully saturated rings. The average molecular weight is 473 g/mol. The van der Waals surface area contributed by atoms with Crippen molar-refractivity contribution in [3.8, 4) is 0 Å². The molecule has 0 bridgehead atoms. The van der Waals surface area contributed by atoms with Gasteiger partial charge in [0.05, 0.1) is 0 Å². The van der Waals surface area contributed by atoms with Crippen molar-refractivity contribution in [3.63, 3.8) is 0 Å². The zero-order valence-electron chi connectivity index (χ0n) is 16.5. The fraction of sp³-hybridized carbons (Fsp3) is 0.182. The summed E-state index contributed by atoms with van der Waals surface area (Å²) in [6.07, 6.45) is 0. The van der Waals surface area contributed by atoms with E-state index in [1.165, 1.54) is 10.4 Å². The van der Waals surface area contributed by atoms with Crippen LogP contribution in [-0.2, 0) is 10.0 Å². The molecule has 2 heterocycles. The van der Waals surface area contributed by atoms with Gasteiger partial charge in [0.15, 0.2) is 5.78 Å². The van der Waals surface area contributed by atoms with Crippen LogP contribution >= 0.6 is 23.1 Å². The zero-order chi connectivity index (χ0) is 21.8. The summed E-state index contributed by atoms with van der Waals surface area (Å²) in [5.74, 6) is 0.823. The van der Waals surface area contributed by atoms with Crippen LogP contribution in [0.3, 0.4) is 0 Å². The topological polar surface area (TPSA) is 83.5 Å². The molecule has 1 aromatic heterocycles. The second kappa shape index (κ2) is 9.35. The van der Waals surface area contributed by atoms with Gasteiger partial charge in [-0.25, -0.2) is 8.42 Å². The number of sulfonamides is 1. The number of ketones is 1. The summed E-state index contributed by atoms with van der Waals surface area (Å²) in [4.78, 5) is 25.7. The van der Waals surface area contributed by atoms with Crippen molar-refractivity contribution in [1.82, 2.24) is 4.31 Å². The lowest BCUT2D eigenvalue weighted by Gasteiger charge is -2.25. The van der Waals surface area contributed by atoms with E-state index in [-0.39, 0.29) is 15.6 Å². The Morgan fingerprint density at radius 1 is 0.903 bits per heavy atom. The summed E-state index contributed by atoms with van der Waals surface area (Å²) in [7, 11) is -3.73. The van der Waals surface area contributed by atoms with Crippen molar-refractivity contribution in [2.45, 2.75) is 4.90 Å². The molecule has 3 aromatic rings. The lowest BCUT2D eigenvalue weighted by atomic mass is 10.0. The molecule has 1 saturated heterocycles. The molecule has 0 saturated carbocycles. The van der Waals surface area contributed by atoms with Crippen LogP contribution in [0.4, 0.5) is 5.69 Å². The van der Waals surface area contributed by atoms with Gasteiger partial charge in [0.1, 0.15) is 9.77 Å². The van der Waals surface area contributed by atoms with Gasteiger partial charge in [0.2, 0.25) is 10.0 Å². The Bertz CT molecular complexity index is 1200. The van der Waals surface area contributed by atoms with Gasteiger partial charge in [-0.05, 0) is 23.6 Å². The first kappa shape index (κ1) is 21.8. The van der Waals surface area contributed by atoms with Crippen LogP contribution in [0.25, 0.3) is 0 Å². The number of anilines is 1. The third kappa shape index (κ3) is 4.74. The maximum absolute atomic E-state index is 13.0. The molecule has 0 radical (unpaired) electrons. The van der Waals surface area contributed by atoms with Gasteiger partial charge in [-0.2, -0.15) is 16.1 Å². The third-order valence-electron chi connectivity index (χ3n) is 4.84. The number of nitrogens with one attached hydrogen (secondary N) is 1. The molecule has 1 N–H and O–H groups in total. The number of carbonyl (C=O) groups excluding carboxylic acids is 2. The van der Waals surface area contributed by atoms with E-state index >= 15 is 0 Å². The fourth-order valence-corrected chi connectivity index (χ4v) is 7.15. The largest absolute Gasteiger partial charge is 0.321 e. The van der Waals surface area contributed by atoms with Gasteiger partial charge in [-0.1, -0.05) is 42.5 Å². The van der Waals surface area contributed by atoms with Gasteiger partial charge >= 0.3 is 0 Å². The first-order valence-corrected chi connectivity index (χ1v) is 13.1. The van der Waals surface area contributed by atoms with Crippen molar-refractivity contribution < 1.29 is 18.0 Å². The van der Waals surface area contributed by atoms with Crippen LogP contribution < -0.4 is 5.32 Å². The number of nitrogens with zero attached hydrogens (tertiary/aromatic N) is 1. The first-order valence-electron chi connectivity index (χ1n) is 9.63. The van der Waals surface area contributed by atoms with Crippen LogP contribution in [0.15, 0.2) is 70.9 Å². The molecule has 0 atom stereocenters. The summed E-state index contributed by atoms with van der Waals surface area (Å²) >= 11 is 2.80. The highest BCUT2D eigenvalue weighted by Crippen LogP contribution is 2.28. The molecule has 0 unspecified atom stereocenters. The number of hydrogen-bond acceptors (Lipinski definition) is 6. The Balaban J connectivity index is 1.55. The minimum Gasteiger partial charge on any atom is -0.321 e. The predicted octanol–water partition coefficient (Wildman–Crippen LogP) is 3.97. The number of rotatable bonds is 6. The van der Waals surface area contributed by atoms with Crippen molar-refractivity contribution >= 4 is 50.5 Å². The van der Waals surface area contributed by atoms with E-state index in [0.29, 0.717) is 29.9 Å². The minimum atomic E-state index is -3.73. The van der Waals surface area contributed by atoms with Crippen LogP contribution in [0.5, 0.6) is 0 Å². The van der Waals surface area contributed by atoms with Crippen LogP contribution in [0.1, 0.15) is 25.6 Å². The van der Waals surface area contributed by atoms with E-state index in [9.17, 15) is 18.0 Å². The molecule has 1 aliphatic heterocycles. The minimum absolute atomic E-state index is 0.0263. The third-order valence-corrected chi connectivity index (χ3v) is 8.77.